The van der Waals surface area contributed by atoms with Crippen LogP contribution in [-0.2, 0) is 6.54 Å². The second-order valence-electron chi connectivity index (χ2n) is 6.44. The number of halogens is 1. The molecule has 2 fully saturated rings. The number of piperidine rings is 1. The maximum Gasteiger partial charge on any atom is 0.225 e. The first-order valence-corrected chi connectivity index (χ1v) is 7.97. The Morgan fingerprint density at radius 2 is 2.13 bits per heavy atom. The molecule has 0 N–H and O–H groups in total. The Bertz CT molecular complexity index is 644. The van der Waals surface area contributed by atoms with Crippen LogP contribution in [0.2, 0.25) is 0 Å². The normalized spacial score (nSPS) is 28.1. The number of likely N-dealkylation sites (N-methyl/N-ethyl adjacent to an activating group) is 1. The number of likely N-dealkylation sites (tertiary alicyclic amines) is 1. The van der Waals surface area contributed by atoms with Gasteiger partial charge in [-0.2, -0.15) is 5.10 Å². The summed E-state index contributed by atoms with van der Waals surface area (Å²) in [4.78, 5) is 16.9. The molecule has 3 atom stereocenters. The molecule has 0 bridgehead atoms. The lowest BCUT2D eigenvalue weighted by atomic mass is 9.92. The van der Waals surface area contributed by atoms with E-state index in [-0.39, 0.29) is 0 Å². The molecule has 2 aromatic heterocycles. The minimum absolute atomic E-state index is 0.392. The second kappa shape index (κ2) is 5.84. The third kappa shape index (κ3) is 2.78. The van der Waals surface area contributed by atoms with Crippen molar-refractivity contribution in [2.45, 2.75) is 31.5 Å². The third-order valence-electron chi connectivity index (χ3n) is 5.12. The second-order valence-corrected chi connectivity index (χ2v) is 6.44. The quantitative estimate of drug-likeness (QED) is 0.835. The monoisotopic (exact) mass is 317 g/mol. The molecule has 0 saturated carbocycles. The topological polar surface area (TPSA) is 63.0 Å². The lowest BCUT2D eigenvalue weighted by Gasteiger charge is -2.37. The average molecular weight is 317 g/mol. The number of aromatic nitrogens is 5. The van der Waals surface area contributed by atoms with E-state index in [1.54, 1.807) is 12.7 Å². The molecule has 0 spiro atoms. The van der Waals surface area contributed by atoms with Crippen LogP contribution in [-0.4, -0.2) is 61.9 Å². The molecule has 0 unspecified atom stereocenters. The van der Waals surface area contributed by atoms with Crippen LogP contribution in [0.4, 0.5) is 10.3 Å². The molecule has 4 heterocycles. The molecule has 122 valence electrons. The first-order valence-electron chi connectivity index (χ1n) is 7.97. The highest BCUT2D eigenvalue weighted by Gasteiger charge is 2.42. The number of rotatable bonds is 3. The minimum atomic E-state index is -0.392. The fourth-order valence-electron chi connectivity index (χ4n) is 3.97. The van der Waals surface area contributed by atoms with Crippen LogP contribution < -0.4 is 4.90 Å². The van der Waals surface area contributed by atoms with Gasteiger partial charge in [0, 0.05) is 25.2 Å². The summed E-state index contributed by atoms with van der Waals surface area (Å²) in [5.74, 6) is 0.820. The molecule has 0 amide bonds. The van der Waals surface area contributed by atoms with Crippen LogP contribution in [0.3, 0.4) is 0 Å². The number of fused-ring (bicyclic) bond motifs is 1. The summed E-state index contributed by atoms with van der Waals surface area (Å²) in [5, 5.41) is 4.22. The van der Waals surface area contributed by atoms with Crippen LogP contribution in [0.5, 0.6) is 0 Å². The van der Waals surface area contributed by atoms with E-state index in [1.807, 2.05) is 4.68 Å². The van der Waals surface area contributed by atoms with Gasteiger partial charge in [-0.25, -0.2) is 19.3 Å². The van der Waals surface area contributed by atoms with E-state index in [2.05, 4.69) is 36.9 Å². The summed E-state index contributed by atoms with van der Waals surface area (Å²) >= 11 is 0. The Balaban J connectivity index is 1.44. The molecule has 2 aromatic rings. The SMILES string of the molecule is CN1[C@@H](Cn2cncn2)C[C@H]2CN(c3ncc(F)cn3)CC[C@H]21. The van der Waals surface area contributed by atoms with Crippen molar-refractivity contribution in [2.75, 3.05) is 25.0 Å². The van der Waals surface area contributed by atoms with Gasteiger partial charge in [-0.05, 0) is 25.8 Å². The summed E-state index contributed by atoms with van der Waals surface area (Å²) in [6.07, 6.45) is 8.03. The molecule has 2 saturated heterocycles. The summed E-state index contributed by atoms with van der Waals surface area (Å²) < 4.78 is 14.9. The van der Waals surface area contributed by atoms with Crippen molar-refractivity contribution in [3.05, 3.63) is 30.9 Å². The molecule has 8 heteroatoms. The summed E-state index contributed by atoms with van der Waals surface area (Å²) in [7, 11) is 2.20. The number of anilines is 1. The first-order chi connectivity index (χ1) is 11.2. The molecule has 0 aliphatic carbocycles. The number of hydrogen-bond donors (Lipinski definition) is 0. The van der Waals surface area contributed by atoms with Crippen molar-refractivity contribution >= 4 is 5.95 Å². The highest BCUT2D eigenvalue weighted by Crippen LogP contribution is 2.35. The largest absolute Gasteiger partial charge is 0.340 e. The Kier molecular flexibility index (Phi) is 3.68. The lowest BCUT2D eigenvalue weighted by molar-refractivity contribution is 0.188. The van der Waals surface area contributed by atoms with Gasteiger partial charge in [0.1, 0.15) is 12.7 Å². The van der Waals surface area contributed by atoms with Gasteiger partial charge >= 0.3 is 0 Å². The van der Waals surface area contributed by atoms with Crippen molar-refractivity contribution in [1.29, 1.82) is 0 Å². The van der Waals surface area contributed by atoms with Gasteiger partial charge in [0.25, 0.3) is 0 Å². The van der Waals surface area contributed by atoms with Gasteiger partial charge < -0.3 is 4.90 Å². The third-order valence-corrected chi connectivity index (χ3v) is 5.12. The van der Waals surface area contributed by atoms with Crippen molar-refractivity contribution in [3.63, 3.8) is 0 Å². The van der Waals surface area contributed by atoms with Crippen molar-refractivity contribution in [3.8, 4) is 0 Å². The Morgan fingerprint density at radius 1 is 1.30 bits per heavy atom. The highest BCUT2D eigenvalue weighted by molar-refractivity contribution is 5.30. The van der Waals surface area contributed by atoms with Gasteiger partial charge in [-0.1, -0.05) is 0 Å². The molecule has 0 radical (unpaired) electrons. The molecule has 0 aromatic carbocycles. The smallest absolute Gasteiger partial charge is 0.225 e. The average Bonchev–Trinajstić information content (AvgIpc) is 3.17. The zero-order valence-electron chi connectivity index (χ0n) is 13.1. The maximum atomic E-state index is 13.0. The molecular formula is C15H20FN7. The summed E-state index contributed by atoms with van der Waals surface area (Å²) in [6, 6.07) is 1.06. The van der Waals surface area contributed by atoms with E-state index in [0.717, 1.165) is 32.5 Å². The van der Waals surface area contributed by atoms with Crippen molar-refractivity contribution in [2.24, 2.45) is 5.92 Å². The summed E-state index contributed by atoms with van der Waals surface area (Å²) in [6.45, 7) is 2.71. The number of nitrogens with zero attached hydrogens (tertiary/aromatic N) is 7. The van der Waals surface area contributed by atoms with Crippen LogP contribution >= 0.6 is 0 Å². The van der Waals surface area contributed by atoms with E-state index in [4.69, 9.17) is 0 Å². The first kappa shape index (κ1) is 14.5. The number of hydrogen-bond acceptors (Lipinski definition) is 6. The van der Waals surface area contributed by atoms with Gasteiger partial charge in [0.05, 0.1) is 18.9 Å². The van der Waals surface area contributed by atoms with Gasteiger partial charge in [0.15, 0.2) is 5.82 Å². The van der Waals surface area contributed by atoms with E-state index < -0.39 is 5.82 Å². The maximum absolute atomic E-state index is 13.0. The Morgan fingerprint density at radius 3 is 2.87 bits per heavy atom. The summed E-state index contributed by atoms with van der Waals surface area (Å²) in [5.41, 5.74) is 0. The van der Waals surface area contributed by atoms with Gasteiger partial charge in [-0.15, -0.1) is 0 Å². The zero-order chi connectivity index (χ0) is 15.8. The standard InChI is InChI=1S/C15H20FN7/c1-21-13(8-23-10-17-9-20-23)4-11-7-22(3-2-14(11)21)15-18-5-12(16)6-19-15/h5-6,9-11,13-14H,2-4,7-8H2,1H3/t11-,13+,14+/m0/s1. The van der Waals surface area contributed by atoms with Crippen molar-refractivity contribution < 1.29 is 4.39 Å². The Labute approximate surface area is 134 Å². The van der Waals surface area contributed by atoms with Crippen LogP contribution in [0, 0.1) is 11.7 Å². The molecule has 7 nitrogen and oxygen atoms in total. The molecule has 23 heavy (non-hydrogen) atoms. The minimum Gasteiger partial charge on any atom is -0.340 e. The van der Waals surface area contributed by atoms with E-state index in [9.17, 15) is 4.39 Å². The van der Waals surface area contributed by atoms with Gasteiger partial charge in [0.2, 0.25) is 5.95 Å². The Hall–Kier alpha value is -2.09. The molecule has 4 rings (SSSR count). The van der Waals surface area contributed by atoms with Crippen LogP contribution in [0.15, 0.2) is 25.0 Å². The van der Waals surface area contributed by atoms with E-state index in [0.29, 0.717) is 23.9 Å². The predicted molar refractivity (Wildman–Crippen MR) is 82.3 cm³/mol. The van der Waals surface area contributed by atoms with Crippen LogP contribution in [0.1, 0.15) is 12.8 Å². The van der Waals surface area contributed by atoms with E-state index in [1.165, 1.54) is 12.4 Å². The van der Waals surface area contributed by atoms with Crippen molar-refractivity contribution in [1.82, 2.24) is 29.6 Å². The molecule has 2 aliphatic rings. The molecule has 2 aliphatic heterocycles. The van der Waals surface area contributed by atoms with Gasteiger partial charge in [-0.3, -0.25) is 9.58 Å². The zero-order valence-corrected chi connectivity index (χ0v) is 13.1. The molecular weight excluding hydrogens is 297 g/mol. The highest BCUT2D eigenvalue weighted by atomic mass is 19.1. The van der Waals surface area contributed by atoms with Crippen LogP contribution in [0.25, 0.3) is 0 Å². The fraction of sp³-hybridized carbons (Fsp3) is 0.600. The lowest BCUT2D eigenvalue weighted by Crippen LogP contribution is -2.46. The predicted octanol–water partition coefficient (Wildman–Crippen LogP) is 0.806. The fourth-order valence-corrected chi connectivity index (χ4v) is 3.97. The van der Waals surface area contributed by atoms with E-state index >= 15 is 0 Å².